The molecule has 2 rings (SSSR count). The topological polar surface area (TPSA) is 69.6 Å². The Balaban J connectivity index is 2.10. The second-order valence-corrected chi connectivity index (χ2v) is 5.57. The van der Waals surface area contributed by atoms with Crippen LogP contribution >= 0.6 is 0 Å². The number of carboxylic acids is 1. The van der Waals surface area contributed by atoms with Crippen molar-refractivity contribution in [3.05, 3.63) is 29.6 Å². The van der Waals surface area contributed by atoms with Gasteiger partial charge in [0.1, 0.15) is 11.9 Å². The van der Waals surface area contributed by atoms with Crippen molar-refractivity contribution in [2.45, 2.75) is 32.7 Å². The molecule has 1 aliphatic rings. The number of carboxylic acid groups (broad SMARTS) is 1. The van der Waals surface area contributed by atoms with Crippen LogP contribution in [-0.2, 0) is 4.79 Å². The summed E-state index contributed by atoms with van der Waals surface area (Å²) >= 11 is 0. The van der Waals surface area contributed by atoms with Crippen LogP contribution in [0.3, 0.4) is 0 Å². The fraction of sp³-hybridized carbons (Fsp3) is 0.467. The standard InChI is InChI=1S/C15H19FN2O3/c1-9-5-6-18(13(7-9)14(19)20)15(21)17-11-4-3-10(2)12(16)8-11/h3-4,8-9,13H,5-7H2,1-2H3,(H,17,21)(H,19,20). The van der Waals surface area contributed by atoms with Crippen molar-refractivity contribution in [3.63, 3.8) is 0 Å². The predicted octanol–water partition coefficient (Wildman–Crippen LogP) is 2.85. The van der Waals surface area contributed by atoms with E-state index in [4.69, 9.17) is 0 Å². The maximum Gasteiger partial charge on any atom is 0.326 e. The first-order valence-electron chi connectivity index (χ1n) is 6.95. The van der Waals surface area contributed by atoms with Crippen molar-refractivity contribution in [1.82, 2.24) is 4.90 Å². The Morgan fingerprint density at radius 3 is 2.76 bits per heavy atom. The van der Waals surface area contributed by atoms with Crippen molar-refractivity contribution >= 4 is 17.7 Å². The van der Waals surface area contributed by atoms with E-state index in [-0.39, 0.29) is 5.92 Å². The average molecular weight is 294 g/mol. The van der Waals surface area contributed by atoms with Gasteiger partial charge in [-0.2, -0.15) is 0 Å². The van der Waals surface area contributed by atoms with E-state index in [1.165, 1.54) is 11.0 Å². The molecule has 1 aliphatic heterocycles. The Morgan fingerprint density at radius 2 is 2.14 bits per heavy atom. The van der Waals surface area contributed by atoms with Gasteiger partial charge in [-0.3, -0.25) is 0 Å². The Labute approximate surface area is 122 Å². The summed E-state index contributed by atoms with van der Waals surface area (Å²) in [5.41, 5.74) is 0.814. The minimum absolute atomic E-state index is 0.270. The minimum Gasteiger partial charge on any atom is -0.480 e. The summed E-state index contributed by atoms with van der Waals surface area (Å²) in [4.78, 5) is 24.8. The van der Waals surface area contributed by atoms with Crippen LogP contribution in [0.2, 0.25) is 0 Å². The molecular weight excluding hydrogens is 275 g/mol. The molecule has 5 nitrogen and oxygen atoms in total. The number of carbonyl (C=O) groups is 2. The van der Waals surface area contributed by atoms with E-state index >= 15 is 0 Å². The number of likely N-dealkylation sites (tertiary alicyclic amines) is 1. The van der Waals surface area contributed by atoms with Gasteiger partial charge in [0.15, 0.2) is 0 Å². The van der Waals surface area contributed by atoms with E-state index < -0.39 is 23.9 Å². The molecule has 0 bridgehead atoms. The molecule has 0 radical (unpaired) electrons. The van der Waals surface area contributed by atoms with E-state index in [1.807, 2.05) is 6.92 Å². The van der Waals surface area contributed by atoms with Crippen LogP contribution < -0.4 is 5.32 Å². The predicted molar refractivity (Wildman–Crippen MR) is 76.7 cm³/mol. The van der Waals surface area contributed by atoms with E-state index in [1.54, 1.807) is 19.1 Å². The first-order chi connectivity index (χ1) is 9.88. The van der Waals surface area contributed by atoms with E-state index in [2.05, 4.69) is 5.32 Å². The molecule has 1 saturated heterocycles. The van der Waals surface area contributed by atoms with Crippen molar-refractivity contribution in [3.8, 4) is 0 Å². The van der Waals surface area contributed by atoms with Crippen LogP contribution in [-0.4, -0.2) is 34.6 Å². The molecule has 1 aromatic rings. The van der Waals surface area contributed by atoms with Gasteiger partial charge in [-0.25, -0.2) is 14.0 Å². The fourth-order valence-corrected chi connectivity index (χ4v) is 2.48. The number of rotatable bonds is 2. The summed E-state index contributed by atoms with van der Waals surface area (Å²) in [6.45, 7) is 3.99. The highest BCUT2D eigenvalue weighted by Gasteiger charge is 2.34. The number of anilines is 1. The van der Waals surface area contributed by atoms with Crippen LogP contribution in [0.4, 0.5) is 14.9 Å². The summed E-state index contributed by atoms with van der Waals surface area (Å²) in [7, 11) is 0. The molecule has 2 atom stereocenters. The van der Waals surface area contributed by atoms with Crippen molar-refractivity contribution in [2.24, 2.45) is 5.92 Å². The Kier molecular flexibility index (Phi) is 4.45. The SMILES string of the molecule is Cc1ccc(NC(=O)N2CCC(C)CC2C(=O)O)cc1F. The summed E-state index contributed by atoms with van der Waals surface area (Å²) in [5, 5.41) is 11.8. The minimum atomic E-state index is -1.01. The van der Waals surface area contributed by atoms with Crippen LogP contribution in [0, 0.1) is 18.7 Å². The quantitative estimate of drug-likeness (QED) is 0.881. The molecule has 21 heavy (non-hydrogen) atoms. The number of nitrogens with zero attached hydrogens (tertiary/aromatic N) is 1. The number of piperidine rings is 1. The number of benzene rings is 1. The van der Waals surface area contributed by atoms with Gasteiger partial charge in [0.05, 0.1) is 0 Å². The molecule has 1 heterocycles. The lowest BCUT2D eigenvalue weighted by atomic mass is 9.93. The zero-order valence-corrected chi connectivity index (χ0v) is 12.1. The third-order valence-electron chi connectivity index (χ3n) is 3.83. The highest BCUT2D eigenvalue weighted by Crippen LogP contribution is 2.24. The maximum absolute atomic E-state index is 13.5. The number of carbonyl (C=O) groups excluding carboxylic acids is 1. The number of nitrogens with one attached hydrogen (secondary N) is 1. The molecule has 0 aromatic heterocycles. The van der Waals surface area contributed by atoms with E-state index in [0.29, 0.717) is 24.2 Å². The van der Waals surface area contributed by atoms with Gasteiger partial charge >= 0.3 is 12.0 Å². The second kappa shape index (κ2) is 6.11. The smallest absolute Gasteiger partial charge is 0.326 e. The van der Waals surface area contributed by atoms with Gasteiger partial charge in [0.25, 0.3) is 0 Å². The number of amides is 2. The summed E-state index contributed by atoms with van der Waals surface area (Å²) in [6.07, 6.45) is 1.20. The summed E-state index contributed by atoms with van der Waals surface area (Å²) in [5.74, 6) is -1.14. The molecule has 0 spiro atoms. The van der Waals surface area contributed by atoms with Crippen molar-refractivity contribution < 1.29 is 19.1 Å². The Bertz CT molecular complexity index is 562. The maximum atomic E-state index is 13.5. The molecule has 1 aromatic carbocycles. The van der Waals surface area contributed by atoms with E-state index in [0.717, 1.165) is 6.42 Å². The van der Waals surface area contributed by atoms with Gasteiger partial charge in [-0.1, -0.05) is 13.0 Å². The third-order valence-corrected chi connectivity index (χ3v) is 3.83. The van der Waals surface area contributed by atoms with Gasteiger partial charge in [-0.15, -0.1) is 0 Å². The normalized spacial score (nSPS) is 22.0. The first kappa shape index (κ1) is 15.3. The zero-order valence-electron chi connectivity index (χ0n) is 12.1. The van der Waals surface area contributed by atoms with Crippen LogP contribution in [0.25, 0.3) is 0 Å². The largest absolute Gasteiger partial charge is 0.480 e. The molecular formula is C15H19FN2O3. The number of hydrogen-bond acceptors (Lipinski definition) is 2. The number of aliphatic carboxylic acids is 1. The summed E-state index contributed by atoms with van der Waals surface area (Å²) < 4.78 is 13.5. The van der Waals surface area contributed by atoms with Gasteiger partial charge in [0, 0.05) is 12.2 Å². The average Bonchev–Trinajstić information content (AvgIpc) is 2.42. The first-order valence-corrected chi connectivity index (χ1v) is 6.95. The molecule has 2 N–H and O–H groups in total. The lowest BCUT2D eigenvalue weighted by Crippen LogP contribution is -2.51. The van der Waals surface area contributed by atoms with Gasteiger partial charge in [-0.05, 0) is 43.4 Å². The second-order valence-electron chi connectivity index (χ2n) is 5.57. The molecule has 114 valence electrons. The van der Waals surface area contributed by atoms with Gasteiger partial charge in [0.2, 0.25) is 0 Å². The molecule has 0 saturated carbocycles. The number of aryl methyl sites for hydroxylation is 1. The molecule has 1 fully saturated rings. The van der Waals surface area contributed by atoms with Crippen molar-refractivity contribution in [1.29, 1.82) is 0 Å². The molecule has 2 unspecified atom stereocenters. The number of halogens is 1. The summed E-state index contributed by atoms with van der Waals surface area (Å²) in [6, 6.07) is 3.06. The molecule has 0 aliphatic carbocycles. The number of hydrogen-bond donors (Lipinski definition) is 2. The van der Waals surface area contributed by atoms with Gasteiger partial charge < -0.3 is 15.3 Å². The zero-order chi connectivity index (χ0) is 15.6. The number of urea groups is 1. The fourth-order valence-electron chi connectivity index (χ4n) is 2.48. The van der Waals surface area contributed by atoms with Crippen LogP contribution in [0.15, 0.2) is 18.2 Å². The lowest BCUT2D eigenvalue weighted by molar-refractivity contribution is -0.143. The highest BCUT2D eigenvalue weighted by molar-refractivity contribution is 5.92. The van der Waals surface area contributed by atoms with Crippen molar-refractivity contribution in [2.75, 3.05) is 11.9 Å². The van der Waals surface area contributed by atoms with E-state index in [9.17, 15) is 19.1 Å². The molecule has 6 heteroatoms. The molecule has 2 amide bonds. The van der Waals surface area contributed by atoms with Crippen LogP contribution in [0.1, 0.15) is 25.3 Å². The highest BCUT2D eigenvalue weighted by atomic mass is 19.1. The van der Waals surface area contributed by atoms with Crippen LogP contribution in [0.5, 0.6) is 0 Å². The lowest BCUT2D eigenvalue weighted by Gasteiger charge is -2.35. The monoisotopic (exact) mass is 294 g/mol. The Morgan fingerprint density at radius 1 is 1.43 bits per heavy atom. The third kappa shape index (κ3) is 3.51. The Hall–Kier alpha value is -2.11.